The van der Waals surface area contributed by atoms with Crippen LogP contribution in [0.1, 0.15) is 18.4 Å². The Morgan fingerprint density at radius 1 is 1.77 bits per heavy atom. The lowest BCUT2D eigenvalue weighted by atomic mass is 10.3. The lowest BCUT2D eigenvalue weighted by Crippen LogP contribution is -2.23. The van der Waals surface area contributed by atoms with Crippen LogP contribution in [-0.4, -0.2) is 16.9 Å². The van der Waals surface area contributed by atoms with Crippen LogP contribution in [0.3, 0.4) is 0 Å². The van der Waals surface area contributed by atoms with E-state index in [1.165, 1.54) is 0 Å². The molecule has 0 bridgehead atoms. The Labute approximate surface area is 81.2 Å². The van der Waals surface area contributed by atoms with Gasteiger partial charge in [-0.2, -0.15) is 0 Å². The molecular formula is C8H11ClN2O2. The monoisotopic (exact) mass is 202 g/mol. The predicted octanol–water partition coefficient (Wildman–Crippen LogP) is 1.09. The summed E-state index contributed by atoms with van der Waals surface area (Å²) in [5.74, 6) is 0.580. The fourth-order valence-corrected chi connectivity index (χ4v) is 0.937. The van der Waals surface area contributed by atoms with Crippen molar-refractivity contribution in [3.8, 4) is 0 Å². The van der Waals surface area contributed by atoms with Crippen LogP contribution < -0.4 is 5.32 Å². The molecule has 0 saturated carbocycles. The molecule has 1 rings (SSSR count). The molecule has 1 N–H and O–H groups in total. The van der Waals surface area contributed by atoms with Crippen LogP contribution in [0.15, 0.2) is 10.6 Å². The lowest BCUT2D eigenvalue weighted by molar-refractivity contribution is -0.118. The van der Waals surface area contributed by atoms with Gasteiger partial charge in [-0.3, -0.25) is 4.79 Å². The van der Waals surface area contributed by atoms with Gasteiger partial charge < -0.3 is 9.84 Å². The van der Waals surface area contributed by atoms with Gasteiger partial charge in [0.15, 0.2) is 0 Å². The van der Waals surface area contributed by atoms with Crippen molar-refractivity contribution < 1.29 is 9.32 Å². The number of halogens is 1. The number of carbonyl (C=O) groups is 1. The molecular weight excluding hydrogens is 192 g/mol. The van der Waals surface area contributed by atoms with Crippen LogP contribution in [0.4, 0.5) is 0 Å². The van der Waals surface area contributed by atoms with Crippen molar-refractivity contribution in [2.45, 2.75) is 19.9 Å². The van der Waals surface area contributed by atoms with Gasteiger partial charge in [0.1, 0.15) is 17.3 Å². The average Bonchev–Trinajstić information content (AvgIpc) is 2.61. The molecule has 0 aromatic carbocycles. The maximum Gasteiger partial charge on any atom is 0.235 e. The van der Waals surface area contributed by atoms with Gasteiger partial charge in [0.05, 0.1) is 6.54 Å². The van der Waals surface area contributed by atoms with Crippen molar-refractivity contribution in [3.63, 3.8) is 0 Å². The third-order valence-corrected chi connectivity index (χ3v) is 1.79. The first-order chi connectivity index (χ1) is 6.26. The molecule has 1 aromatic heterocycles. The summed E-state index contributed by atoms with van der Waals surface area (Å²) in [7, 11) is 0. The third-order valence-electron chi connectivity index (χ3n) is 1.54. The van der Waals surface area contributed by atoms with E-state index >= 15 is 0 Å². The number of hydrogen-bond acceptors (Lipinski definition) is 3. The smallest absolute Gasteiger partial charge is 0.235 e. The summed E-state index contributed by atoms with van der Waals surface area (Å²) in [6, 6.07) is 1.81. The Morgan fingerprint density at radius 3 is 3.08 bits per heavy atom. The zero-order valence-electron chi connectivity index (χ0n) is 7.34. The van der Waals surface area contributed by atoms with E-state index < -0.39 is 0 Å². The zero-order chi connectivity index (χ0) is 9.68. The maximum atomic E-state index is 10.8. The minimum Gasteiger partial charge on any atom is -0.361 e. The number of amides is 1. The van der Waals surface area contributed by atoms with Crippen molar-refractivity contribution >= 4 is 17.5 Å². The molecule has 5 heteroatoms. The summed E-state index contributed by atoms with van der Waals surface area (Å²) >= 11 is 5.29. The van der Waals surface area contributed by atoms with E-state index in [0.717, 1.165) is 17.9 Å². The van der Waals surface area contributed by atoms with E-state index in [1.807, 2.05) is 13.0 Å². The molecule has 0 unspecified atom stereocenters. The number of nitrogens with one attached hydrogen (secondary N) is 1. The summed E-state index contributed by atoms with van der Waals surface area (Å²) in [5, 5.41) is 6.35. The molecule has 1 amide bonds. The fourth-order valence-electron chi connectivity index (χ4n) is 0.842. The van der Waals surface area contributed by atoms with Crippen LogP contribution in [0.2, 0.25) is 0 Å². The third kappa shape index (κ3) is 3.06. The fraction of sp³-hybridized carbons (Fsp3) is 0.500. The molecule has 0 fully saturated rings. The van der Waals surface area contributed by atoms with Crippen LogP contribution >= 0.6 is 11.6 Å². The largest absolute Gasteiger partial charge is 0.361 e. The van der Waals surface area contributed by atoms with Gasteiger partial charge in [-0.15, -0.1) is 11.6 Å². The van der Waals surface area contributed by atoms with Gasteiger partial charge in [-0.1, -0.05) is 12.1 Å². The zero-order valence-corrected chi connectivity index (χ0v) is 8.10. The van der Waals surface area contributed by atoms with Gasteiger partial charge in [-0.25, -0.2) is 0 Å². The summed E-state index contributed by atoms with van der Waals surface area (Å²) < 4.78 is 4.95. The summed E-state index contributed by atoms with van der Waals surface area (Å²) in [4.78, 5) is 10.8. The number of carbonyl (C=O) groups excluding carboxylic acids is 1. The predicted molar refractivity (Wildman–Crippen MR) is 48.4 cm³/mol. The minimum absolute atomic E-state index is 0.0293. The number of aryl methyl sites for hydroxylation is 1. The van der Waals surface area contributed by atoms with E-state index in [0.29, 0.717) is 6.54 Å². The summed E-state index contributed by atoms with van der Waals surface area (Å²) in [6.45, 7) is 2.34. The Morgan fingerprint density at radius 2 is 2.54 bits per heavy atom. The van der Waals surface area contributed by atoms with Crippen molar-refractivity contribution in [2.24, 2.45) is 0 Å². The highest BCUT2D eigenvalue weighted by Crippen LogP contribution is 2.03. The Balaban J connectivity index is 2.41. The number of rotatable bonds is 4. The summed E-state index contributed by atoms with van der Waals surface area (Å²) in [6.07, 6.45) is 0.802. The van der Waals surface area contributed by atoms with E-state index in [2.05, 4.69) is 10.5 Å². The molecule has 72 valence electrons. The summed E-state index contributed by atoms with van der Waals surface area (Å²) in [5.41, 5.74) is 0.718. The molecule has 1 heterocycles. The molecule has 0 radical (unpaired) electrons. The van der Waals surface area contributed by atoms with Crippen LogP contribution in [0.5, 0.6) is 0 Å². The number of aromatic nitrogens is 1. The number of alkyl halides is 1. The molecule has 0 atom stereocenters. The van der Waals surface area contributed by atoms with Crippen LogP contribution in [-0.2, 0) is 17.8 Å². The van der Waals surface area contributed by atoms with Crippen molar-refractivity contribution in [1.29, 1.82) is 0 Å². The van der Waals surface area contributed by atoms with E-state index in [1.54, 1.807) is 0 Å². The Hall–Kier alpha value is -1.03. The second kappa shape index (κ2) is 4.87. The highest BCUT2D eigenvalue weighted by molar-refractivity contribution is 6.27. The highest BCUT2D eigenvalue weighted by atomic mass is 35.5. The first-order valence-corrected chi connectivity index (χ1v) is 4.56. The van der Waals surface area contributed by atoms with Gasteiger partial charge in [0.25, 0.3) is 0 Å². The molecule has 4 nitrogen and oxygen atoms in total. The highest BCUT2D eigenvalue weighted by Gasteiger charge is 2.03. The topological polar surface area (TPSA) is 55.1 Å². The molecule has 0 aliphatic rings. The van der Waals surface area contributed by atoms with E-state index in [-0.39, 0.29) is 11.8 Å². The second-order valence-corrected chi connectivity index (χ2v) is 2.82. The van der Waals surface area contributed by atoms with E-state index in [9.17, 15) is 4.79 Å². The quantitative estimate of drug-likeness (QED) is 0.744. The van der Waals surface area contributed by atoms with Crippen molar-refractivity contribution in [3.05, 3.63) is 17.5 Å². The molecule has 0 spiro atoms. The van der Waals surface area contributed by atoms with Crippen molar-refractivity contribution in [1.82, 2.24) is 10.5 Å². The molecule has 1 aromatic rings. The first-order valence-electron chi connectivity index (χ1n) is 4.03. The molecule has 0 saturated heterocycles. The first kappa shape index (κ1) is 10.1. The van der Waals surface area contributed by atoms with Crippen molar-refractivity contribution in [2.75, 3.05) is 5.88 Å². The van der Waals surface area contributed by atoms with Gasteiger partial charge in [-0.05, 0) is 0 Å². The van der Waals surface area contributed by atoms with Gasteiger partial charge >= 0.3 is 0 Å². The van der Waals surface area contributed by atoms with Gasteiger partial charge in [0, 0.05) is 12.5 Å². The Bertz CT molecular complexity index is 285. The SMILES string of the molecule is CCc1cc(CNC(=O)CCl)no1. The maximum absolute atomic E-state index is 10.8. The van der Waals surface area contributed by atoms with E-state index in [4.69, 9.17) is 16.1 Å². The van der Waals surface area contributed by atoms with Gasteiger partial charge in [0.2, 0.25) is 5.91 Å². The number of nitrogens with zero attached hydrogens (tertiary/aromatic N) is 1. The molecule has 0 aliphatic heterocycles. The Kier molecular flexibility index (Phi) is 3.76. The lowest BCUT2D eigenvalue weighted by Gasteiger charge is -1.96. The molecule has 0 aliphatic carbocycles. The second-order valence-electron chi connectivity index (χ2n) is 2.55. The minimum atomic E-state index is -0.206. The molecule has 13 heavy (non-hydrogen) atoms. The van der Waals surface area contributed by atoms with Crippen LogP contribution in [0.25, 0.3) is 0 Å². The normalized spacial score (nSPS) is 10.0. The number of hydrogen-bond donors (Lipinski definition) is 1. The van der Waals surface area contributed by atoms with Crippen LogP contribution in [0, 0.1) is 0 Å². The average molecular weight is 203 g/mol. The standard InChI is InChI=1S/C8H11ClN2O2/c1-2-7-3-6(11-13-7)5-10-8(12)4-9/h3H,2,4-5H2,1H3,(H,10,12).